The third kappa shape index (κ3) is 2.85. The number of benzene rings is 1. The SMILES string of the molecule is CC1CCC(C(=O)c2ccc(Cl)cc2)(N(C)C)CC1. The van der Waals surface area contributed by atoms with Gasteiger partial charge < -0.3 is 0 Å². The molecule has 104 valence electrons. The fourth-order valence-electron chi connectivity index (χ4n) is 2.99. The molecular formula is C16H22ClNO. The molecule has 0 amide bonds. The van der Waals surface area contributed by atoms with E-state index in [2.05, 4.69) is 11.8 Å². The average molecular weight is 280 g/mol. The number of hydrogen-bond acceptors (Lipinski definition) is 2. The van der Waals surface area contributed by atoms with Crippen molar-refractivity contribution in [1.82, 2.24) is 4.90 Å². The minimum absolute atomic E-state index is 0.237. The number of ketones is 1. The Morgan fingerprint density at radius 2 is 1.74 bits per heavy atom. The number of carbonyl (C=O) groups is 1. The van der Waals surface area contributed by atoms with Crippen LogP contribution >= 0.6 is 11.6 Å². The molecule has 3 heteroatoms. The third-order valence-corrected chi connectivity index (χ3v) is 4.74. The van der Waals surface area contributed by atoms with E-state index in [1.54, 1.807) is 12.1 Å². The Kier molecular flexibility index (Phi) is 4.32. The zero-order chi connectivity index (χ0) is 14.0. The first-order valence-electron chi connectivity index (χ1n) is 6.93. The quantitative estimate of drug-likeness (QED) is 0.779. The van der Waals surface area contributed by atoms with E-state index in [4.69, 9.17) is 11.6 Å². The topological polar surface area (TPSA) is 20.3 Å². The Morgan fingerprint density at radius 1 is 1.21 bits per heavy atom. The van der Waals surface area contributed by atoms with Crippen molar-refractivity contribution in [3.8, 4) is 0 Å². The molecule has 2 nitrogen and oxygen atoms in total. The number of rotatable bonds is 3. The molecule has 1 aromatic rings. The van der Waals surface area contributed by atoms with E-state index in [-0.39, 0.29) is 11.3 Å². The molecular weight excluding hydrogens is 258 g/mol. The fraction of sp³-hybridized carbons (Fsp3) is 0.562. The molecule has 1 aliphatic rings. The van der Waals surface area contributed by atoms with E-state index in [9.17, 15) is 4.79 Å². The molecule has 1 aliphatic carbocycles. The van der Waals surface area contributed by atoms with Gasteiger partial charge in [0, 0.05) is 10.6 Å². The van der Waals surface area contributed by atoms with Crippen molar-refractivity contribution in [2.45, 2.75) is 38.1 Å². The lowest BCUT2D eigenvalue weighted by molar-refractivity contribution is 0.0513. The van der Waals surface area contributed by atoms with E-state index in [1.165, 1.54) is 0 Å². The fourth-order valence-corrected chi connectivity index (χ4v) is 3.11. The lowest BCUT2D eigenvalue weighted by atomic mass is 9.72. The number of hydrogen-bond donors (Lipinski definition) is 0. The largest absolute Gasteiger partial charge is 0.297 e. The van der Waals surface area contributed by atoms with Gasteiger partial charge >= 0.3 is 0 Å². The first-order valence-corrected chi connectivity index (χ1v) is 7.31. The molecule has 1 fully saturated rings. The summed E-state index contributed by atoms with van der Waals surface area (Å²) in [5, 5.41) is 0.674. The molecule has 0 heterocycles. The summed E-state index contributed by atoms with van der Waals surface area (Å²) in [6.07, 6.45) is 4.14. The van der Waals surface area contributed by atoms with Crippen LogP contribution in [0.2, 0.25) is 5.02 Å². The molecule has 0 aliphatic heterocycles. The Bertz CT molecular complexity index is 444. The summed E-state index contributed by atoms with van der Waals surface area (Å²) in [5.74, 6) is 0.965. The minimum atomic E-state index is -0.333. The van der Waals surface area contributed by atoms with E-state index in [1.807, 2.05) is 26.2 Å². The van der Waals surface area contributed by atoms with Gasteiger partial charge in [-0.3, -0.25) is 9.69 Å². The summed E-state index contributed by atoms with van der Waals surface area (Å²) in [5.41, 5.74) is 0.438. The van der Waals surface area contributed by atoms with Crippen LogP contribution in [0.25, 0.3) is 0 Å². The maximum Gasteiger partial charge on any atom is 0.183 e. The molecule has 0 spiro atoms. The molecule has 1 saturated carbocycles. The molecule has 0 saturated heterocycles. The van der Waals surface area contributed by atoms with Gasteiger partial charge in [-0.05, 0) is 70.0 Å². The molecule has 0 N–H and O–H groups in total. The zero-order valence-corrected chi connectivity index (χ0v) is 12.7. The van der Waals surface area contributed by atoms with Gasteiger partial charge in [0.15, 0.2) is 5.78 Å². The number of carbonyl (C=O) groups excluding carboxylic acids is 1. The molecule has 19 heavy (non-hydrogen) atoms. The highest BCUT2D eigenvalue weighted by molar-refractivity contribution is 6.30. The molecule has 2 rings (SSSR count). The summed E-state index contributed by atoms with van der Waals surface area (Å²) in [7, 11) is 4.04. The monoisotopic (exact) mass is 279 g/mol. The van der Waals surface area contributed by atoms with E-state index < -0.39 is 0 Å². The molecule has 0 aromatic heterocycles. The van der Waals surface area contributed by atoms with E-state index in [0.717, 1.165) is 37.2 Å². The number of nitrogens with zero attached hydrogens (tertiary/aromatic N) is 1. The summed E-state index contributed by atoms with van der Waals surface area (Å²) < 4.78 is 0. The lowest BCUT2D eigenvalue weighted by Gasteiger charge is -2.43. The highest BCUT2D eigenvalue weighted by Crippen LogP contribution is 2.37. The first-order chi connectivity index (χ1) is 8.95. The van der Waals surface area contributed by atoms with Crippen molar-refractivity contribution in [1.29, 1.82) is 0 Å². The van der Waals surface area contributed by atoms with E-state index >= 15 is 0 Å². The Labute approximate surface area is 120 Å². The van der Waals surface area contributed by atoms with Crippen LogP contribution in [0.15, 0.2) is 24.3 Å². The van der Waals surface area contributed by atoms with Crippen molar-refractivity contribution in [2.24, 2.45) is 5.92 Å². The van der Waals surface area contributed by atoms with Crippen LogP contribution in [-0.4, -0.2) is 30.3 Å². The predicted octanol–water partition coefficient (Wildman–Crippen LogP) is 4.03. The van der Waals surface area contributed by atoms with Gasteiger partial charge in [0.1, 0.15) is 0 Å². The van der Waals surface area contributed by atoms with Crippen molar-refractivity contribution in [3.63, 3.8) is 0 Å². The maximum absolute atomic E-state index is 12.9. The average Bonchev–Trinajstić information content (AvgIpc) is 2.39. The third-order valence-electron chi connectivity index (χ3n) is 4.49. The van der Waals surface area contributed by atoms with Crippen molar-refractivity contribution in [2.75, 3.05) is 14.1 Å². The van der Waals surface area contributed by atoms with Crippen LogP contribution in [0, 0.1) is 5.92 Å². The second-order valence-electron chi connectivity index (χ2n) is 5.94. The lowest BCUT2D eigenvalue weighted by Crippen LogP contribution is -2.53. The minimum Gasteiger partial charge on any atom is -0.297 e. The number of Topliss-reactive ketones (excluding diaryl/α,β-unsaturated/α-hetero) is 1. The van der Waals surface area contributed by atoms with Gasteiger partial charge in [-0.2, -0.15) is 0 Å². The summed E-state index contributed by atoms with van der Waals surface area (Å²) in [6, 6.07) is 7.27. The van der Waals surface area contributed by atoms with Crippen LogP contribution in [0.5, 0.6) is 0 Å². The van der Waals surface area contributed by atoms with Gasteiger partial charge in [0.2, 0.25) is 0 Å². The van der Waals surface area contributed by atoms with Crippen LogP contribution < -0.4 is 0 Å². The van der Waals surface area contributed by atoms with Gasteiger partial charge in [0.05, 0.1) is 5.54 Å². The van der Waals surface area contributed by atoms with Gasteiger partial charge in [0.25, 0.3) is 0 Å². The van der Waals surface area contributed by atoms with E-state index in [0.29, 0.717) is 5.02 Å². The second-order valence-corrected chi connectivity index (χ2v) is 6.38. The zero-order valence-electron chi connectivity index (χ0n) is 11.9. The molecule has 0 unspecified atom stereocenters. The Morgan fingerprint density at radius 3 is 2.21 bits per heavy atom. The second kappa shape index (κ2) is 5.64. The number of likely N-dealkylation sites (N-methyl/N-ethyl adjacent to an activating group) is 1. The normalized spacial score (nSPS) is 27.5. The van der Waals surface area contributed by atoms with Crippen LogP contribution in [0.3, 0.4) is 0 Å². The molecule has 0 atom stereocenters. The molecule has 0 radical (unpaired) electrons. The highest BCUT2D eigenvalue weighted by atomic mass is 35.5. The summed E-state index contributed by atoms with van der Waals surface area (Å²) >= 11 is 5.90. The van der Waals surface area contributed by atoms with Gasteiger partial charge in [-0.25, -0.2) is 0 Å². The predicted molar refractivity (Wildman–Crippen MR) is 79.8 cm³/mol. The van der Waals surface area contributed by atoms with Gasteiger partial charge in [-0.1, -0.05) is 18.5 Å². The highest BCUT2D eigenvalue weighted by Gasteiger charge is 2.42. The van der Waals surface area contributed by atoms with Crippen molar-refractivity contribution >= 4 is 17.4 Å². The van der Waals surface area contributed by atoms with Crippen LogP contribution in [-0.2, 0) is 0 Å². The Hall–Kier alpha value is -0.860. The number of halogens is 1. The maximum atomic E-state index is 12.9. The first kappa shape index (κ1) is 14.5. The molecule has 1 aromatic carbocycles. The summed E-state index contributed by atoms with van der Waals surface area (Å²) in [6.45, 7) is 2.27. The standard InChI is InChI=1S/C16H22ClNO/c1-12-8-10-16(11-9-12,18(2)3)15(19)13-4-6-14(17)7-5-13/h4-7,12H,8-11H2,1-3H3. The summed E-state index contributed by atoms with van der Waals surface area (Å²) in [4.78, 5) is 15.0. The van der Waals surface area contributed by atoms with Crippen LogP contribution in [0.1, 0.15) is 43.0 Å². The van der Waals surface area contributed by atoms with Crippen LogP contribution in [0.4, 0.5) is 0 Å². The Balaban J connectivity index is 2.29. The van der Waals surface area contributed by atoms with Crippen molar-refractivity contribution in [3.05, 3.63) is 34.9 Å². The smallest absolute Gasteiger partial charge is 0.183 e. The van der Waals surface area contributed by atoms with Gasteiger partial charge in [-0.15, -0.1) is 0 Å². The van der Waals surface area contributed by atoms with Crippen molar-refractivity contribution < 1.29 is 4.79 Å². The molecule has 0 bridgehead atoms.